The number of hydrogen-bond donors (Lipinski definition) is 0. The van der Waals surface area contributed by atoms with Crippen LogP contribution in [0.2, 0.25) is 0 Å². The Bertz CT molecular complexity index is 1070. The van der Waals surface area contributed by atoms with Crippen molar-refractivity contribution in [3.63, 3.8) is 0 Å². The van der Waals surface area contributed by atoms with Gasteiger partial charge in [0.05, 0.1) is 26.1 Å². The summed E-state index contributed by atoms with van der Waals surface area (Å²) in [5.74, 6) is -85.0. The number of rotatable bonds is 14. The molecule has 0 atom stereocenters. The van der Waals surface area contributed by atoms with Crippen molar-refractivity contribution in [3.05, 3.63) is 0 Å². The monoisotopic (exact) mass is 782 g/mol. The molecule has 0 heterocycles. The third-order valence-corrected chi connectivity index (χ3v) is 5.46. The predicted octanol–water partition coefficient (Wildman–Crippen LogP) is 8.33. The summed E-state index contributed by atoms with van der Waals surface area (Å²) in [6, 6.07) is 0. The fraction of sp³-hybridized carbons (Fsp3) is 0.889. The lowest BCUT2D eigenvalue weighted by atomic mass is 9.93. The molecule has 0 saturated heterocycles. The lowest BCUT2D eigenvalue weighted by molar-refractivity contribution is -0.440. The molecular weight excluding hydrogens is 774 g/mol. The van der Waals surface area contributed by atoms with Crippen molar-refractivity contribution in [2.24, 2.45) is 0 Å². The lowest BCUT2D eigenvalue weighted by Crippen LogP contribution is -2.70. The maximum Gasteiger partial charge on any atom is 0.460 e. The second-order valence-corrected chi connectivity index (χ2v) is 8.77. The zero-order chi connectivity index (χ0) is 39.4. The van der Waals surface area contributed by atoms with E-state index in [2.05, 4.69) is 9.47 Å². The van der Waals surface area contributed by atoms with Crippen molar-refractivity contribution in [2.45, 2.75) is 84.4 Å². The number of carbonyl (C=O) groups is 2. The number of alkyl halides is 26. The molecule has 0 aromatic carbocycles. The number of esters is 2. The van der Waals surface area contributed by atoms with E-state index in [1.54, 1.807) is 0 Å². The minimum Gasteiger partial charge on any atom is -0.457 e. The number of ether oxygens (including phenoxy) is 2. The fourth-order valence-electron chi connectivity index (χ4n) is 2.58. The first-order valence-electron chi connectivity index (χ1n) is 10.8. The highest BCUT2D eigenvalue weighted by Crippen LogP contribution is 2.62. The summed E-state index contributed by atoms with van der Waals surface area (Å²) in [6.07, 6.45) is -22.1. The van der Waals surface area contributed by atoms with Crippen molar-refractivity contribution < 1.29 is 133 Å². The second kappa shape index (κ2) is 12.5. The molecule has 0 N–H and O–H groups in total. The summed E-state index contributed by atoms with van der Waals surface area (Å²) in [7, 11) is 0. The minimum atomic E-state index is -8.33. The van der Waals surface area contributed by atoms with Crippen LogP contribution in [0, 0.1) is 0 Å². The van der Waals surface area contributed by atoms with Crippen molar-refractivity contribution >= 4 is 11.9 Å². The maximum atomic E-state index is 13.6. The Labute approximate surface area is 244 Å². The first kappa shape index (κ1) is 45.1. The smallest absolute Gasteiger partial charge is 0.457 e. The van der Waals surface area contributed by atoms with E-state index in [1.807, 2.05) is 0 Å². The standard InChI is InChI=1S/C18H8F26O4/c19-7(20,9(23,24)11(27,28)13(31,32)15(35,36)17(39,40)41)1-3-47-5(45)6(46)48-4-2-8(21,22)10(25,26)12(29,30)14(33,34)16(37,38)18(42,43)44/h1-4H2. The van der Waals surface area contributed by atoms with Gasteiger partial charge in [0, 0.05) is 0 Å². The van der Waals surface area contributed by atoms with E-state index in [-0.39, 0.29) is 0 Å². The van der Waals surface area contributed by atoms with E-state index >= 15 is 0 Å². The molecule has 0 radical (unpaired) electrons. The second-order valence-electron chi connectivity index (χ2n) is 8.77. The molecule has 4 nitrogen and oxygen atoms in total. The summed E-state index contributed by atoms with van der Waals surface area (Å²) < 4.78 is 343. The van der Waals surface area contributed by atoms with Crippen LogP contribution in [0.4, 0.5) is 114 Å². The highest BCUT2D eigenvalue weighted by molar-refractivity contribution is 6.29. The van der Waals surface area contributed by atoms with Crippen LogP contribution >= 0.6 is 0 Å². The quantitative estimate of drug-likeness (QED) is 0.101. The summed E-state index contributed by atoms with van der Waals surface area (Å²) in [5.41, 5.74) is 0. The van der Waals surface area contributed by atoms with Gasteiger partial charge in [-0.25, -0.2) is 9.59 Å². The van der Waals surface area contributed by atoms with Crippen molar-refractivity contribution in [3.8, 4) is 0 Å². The molecule has 0 aromatic rings. The van der Waals surface area contributed by atoms with Crippen LogP contribution in [-0.2, 0) is 19.1 Å². The van der Waals surface area contributed by atoms with E-state index in [1.165, 1.54) is 0 Å². The zero-order valence-electron chi connectivity index (χ0n) is 21.3. The molecule has 0 unspecified atom stereocenters. The molecule has 30 heteroatoms. The first-order chi connectivity index (χ1) is 20.5. The molecule has 0 aliphatic rings. The topological polar surface area (TPSA) is 52.6 Å². The highest BCUT2D eigenvalue weighted by atomic mass is 19.4. The van der Waals surface area contributed by atoms with Gasteiger partial charge in [-0.05, 0) is 0 Å². The molecule has 0 rings (SSSR count). The Balaban J connectivity index is 5.65. The van der Waals surface area contributed by atoms with E-state index in [9.17, 15) is 124 Å². The van der Waals surface area contributed by atoms with Crippen LogP contribution in [0.5, 0.6) is 0 Å². The number of halogens is 26. The normalized spacial score (nSPS) is 15.8. The molecule has 0 spiro atoms. The minimum absolute atomic E-state index is 2.66. The van der Waals surface area contributed by atoms with E-state index in [0.29, 0.717) is 0 Å². The summed E-state index contributed by atoms with van der Waals surface area (Å²) >= 11 is 0. The zero-order valence-corrected chi connectivity index (χ0v) is 21.3. The van der Waals surface area contributed by atoms with Crippen LogP contribution in [0.1, 0.15) is 12.8 Å². The van der Waals surface area contributed by atoms with Gasteiger partial charge in [0.25, 0.3) is 0 Å². The van der Waals surface area contributed by atoms with Crippen LogP contribution in [0.3, 0.4) is 0 Å². The number of carbonyl (C=O) groups excluding carboxylic acids is 2. The maximum absolute atomic E-state index is 13.6. The molecule has 48 heavy (non-hydrogen) atoms. The third kappa shape index (κ3) is 6.92. The van der Waals surface area contributed by atoms with Gasteiger partial charge in [0.15, 0.2) is 0 Å². The van der Waals surface area contributed by atoms with Crippen LogP contribution in [0.15, 0.2) is 0 Å². The van der Waals surface area contributed by atoms with Crippen molar-refractivity contribution in [1.82, 2.24) is 0 Å². The van der Waals surface area contributed by atoms with Gasteiger partial charge in [0.2, 0.25) is 0 Å². The third-order valence-electron chi connectivity index (χ3n) is 5.46. The van der Waals surface area contributed by atoms with Gasteiger partial charge in [-0.15, -0.1) is 0 Å². The van der Waals surface area contributed by atoms with Crippen LogP contribution in [-0.4, -0.2) is 96.7 Å². The molecule has 0 aliphatic heterocycles. The molecule has 0 aromatic heterocycles. The first-order valence-corrected chi connectivity index (χ1v) is 10.8. The Hall–Kier alpha value is -2.88. The summed E-state index contributed by atoms with van der Waals surface area (Å²) in [6.45, 7) is -5.31. The van der Waals surface area contributed by atoms with E-state index in [4.69, 9.17) is 0 Å². The van der Waals surface area contributed by atoms with E-state index < -0.39 is 110 Å². The van der Waals surface area contributed by atoms with Gasteiger partial charge < -0.3 is 9.47 Å². The Kier molecular flexibility index (Phi) is 11.7. The molecule has 0 aliphatic carbocycles. The highest BCUT2D eigenvalue weighted by Gasteiger charge is 2.92. The summed E-state index contributed by atoms with van der Waals surface area (Å²) in [5, 5.41) is 0. The molecule has 286 valence electrons. The SMILES string of the molecule is O=C(OCCC(F)(F)C(F)(F)C(F)(F)C(F)(F)C(F)(F)C(F)(F)F)C(=O)OCCC(F)(F)C(F)(F)C(F)(F)C(F)(F)C(F)(F)C(F)(F)F. The lowest BCUT2D eigenvalue weighted by Gasteiger charge is -2.39. The summed E-state index contributed by atoms with van der Waals surface area (Å²) in [4.78, 5) is 22.3. The van der Waals surface area contributed by atoms with Gasteiger partial charge in [-0.2, -0.15) is 114 Å². The van der Waals surface area contributed by atoms with Crippen LogP contribution < -0.4 is 0 Å². The van der Waals surface area contributed by atoms with Crippen molar-refractivity contribution in [2.75, 3.05) is 13.2 Å². The number of hydrogen-bond acceptors (Lipinski definition) is 4. The molecule has 0 amide bonds. The van der Waals surface area contributed by atoms with Gasteiger partial charge >= 0.3 is 83.5 Å². The fourth-order valence-corrected chi connectivity index (χ4v) is 2.58. The Morgan fingerprint density at radius 1 is 0.312 bits per heavy atom. The van der Waals surface area contributed by atoms with Crippen LogP contribution in [0.25, 0.3) is 0 Å². The van der Waals surface area contributed by atoms with Gasteiger partial charge in [-0.1, -0.05) is 0 Å². The largest absolute Gasteiger partial charge is 0.460 e. The Morgan fingerprint density at radius 2 is 0.500 bits per heavy atom. The van der Waals surface area contributed by atoms with E-state index in [0.717, 1.165) is 0 Å². The average Bonchev–Trinajstić information content (AvgIpc) is 2.85. The van der Waals surface area contributed by atoms with Gasteiger partial charge in [-0.3, -0.25) is 0 Å². The van der Waals surface area contributed by atoms with Gasteiger partial charge in [0.1, 0.15) is 0 Å². The molecule has 0 fully saturated rings. The predicted molar refractivity (Wildman–Crippen MR) is 92.7 cm³/mol. The Morgan fingerprint density at radius 3 is 0.688 bits per heavy atom. The molecular formula is C18H8F26O4. The van der Waals surface area contributed by atoms with Crippen molar-refractivity contribution in [1.29, 1.82) is 0 Å². The average molecular weight is 782 g/mol. The molecule has 0 bridgehead atoms. The molecule has 0 saturated carbocycles.